The number of benzene rings is 2. The first-order valence-corrected chi connectivity index (χ1v) is 9.58. The minimum Gasteiger partial charge on any atom is -0.378 e. The number of morpholine rings is 1. The maximum absolute atomic E-state index is 12.2. The summed E-state index contributed by atoms with van der Waals surface area (Å²) in [6.45, 7) is 3.27. The fraction of sp³-hybridized carbons (Fsp3) is 0.238. The summed E-state index contributed by atoms with van der Waals surface area (Å²) in [6, 6.07) is 16.1. The van der Waals surface area contributed by atoms with Gasteiger partial charge in [-0.3, -0.25) is 9.67 Å². The Hall–Kier alpha value is -3.52. The van der Waals surface area contributed by atoms with Gasteiger partial charge in [0.05, 0.1) is 31.5 Å². The van der Waals surface area contributed by atoms with Gasteiger partial charge in [-0.25, -0.2) is 4.79 Å². The number of anilines is 1. The number of nitrogens with zero attached hydrogens (tertiary/aromatic N) is 5. The summed E-state index contributed by atoms with van der Waals surface area (Å²) in [6.07, 6.45) is 1.81. The maximum atomic E-state index is 12.2. The second-order valence-electron chi connectivity index (χ2n) is 6.93. The van der Waals surface area contributed by atoms with Crippen LogP contribution in [0.15, 0.2) is 59.5 Å². The molecular formula is C21H20N6O2. The van der Waals surface area contributed by atoms with E-state index in [1.54, 1.807) is 0 Å². The van der Waals surface area contributed by atoms with Crippen LogP contribution in [0.5, 0.6) is 0 Å². The summed E-state index contributed by atoms with van der Waals surface area (Å²) in [5.74, 6) is 0.928. The van der Waals surface area contributed by atoms with E-state index in [9.17, 15) is 4.79 Å². The molecule has 4 aromatic rings. The van der Waals surface area contributed by atoms with Gasteiger partial charge in [0.1, 0.15) is 0 Å². The molecule has 2 aromatic heterocycles. The molecule has 0 radical (unpaired) electrons. The highest BCUT2D eigenvalue weighted by molar-refractivity contribution is 5.92. The first-order valence-electron chi connectivity index (χ1n) is 9.58. The zero-order valence-corrected chi connectivity index (χ0v) is 15.8. The number of hydrogen-bond donors (Lipinski definition) is 1. The number of nitrogens with one attached hydrogen (secondary N) is 1. The van der Waals surface area contributed by atoms with Crippen molar-refractivity contribution >= 4 is 16.9 Å². The minimum absolute atomic E-state index is 0.403. The Kier molecular flexibility index (Phi) is 4.53. The van der Waals surface area contributed by atoms with Crippen LogP contribution in [0.4, 0.5) is 5.95 Å². The van der Waals surface area contributed by atoms with Crippen molar-refractivity contribution in [3.8, 4) is 11.4 Å². The third kappa shape index (κ3) is 3.50. The second-order valence-corrected chi connectivity index (χ2v) is 6.93. The molecule has 0 atom stereocenters. The summed E-state index contributed by atoms with van der Waals surface area (Å²) in [5, 5.41) is 5.48. The zero-order valence-electron chi connectivity index (χ0n) is 15.8. The molecule has 0 amide bonds. The van der Waals surface area contributed by atoms with Gasteiger partial charge < -0.3 is 9.64 Å². The molecule has 29 heavy (non-hydrogen) atoms. The molecule has 1 fully saturated rings. The van der Waals surface area contributed by atoms with Crippen molar-refractivity contribution in [1.82, 2.24) is 24.7 Å². The Morgan fingerprint density at radius 1 is 1.00 bits per heavy atom. The van der Waals surface area contributed by atoms with E-state index in [2.05, 4.69) is 32.2 Å². The van der Waals surface area contributed by atoms with E-state index in [1.165, 1.54) is 5.56 Å². The molecule has 2 aromatic carbocycles. The van der Waals surface area contributed by atoms with Crippen LogP contribution >= 0.6 is 0 Å². The van der Waals surface area contributed by atoms with Gasteiger partial charge in [0.2, 0.25) is 5.95 Å². The van der Waals surface area contributed by atoms with Crippen molar-refractivity contribution in [3.05, 3.63) is 70.8 Å². The standard InChI is InChI=1S/C21H20N6O2/c28-21-24-19(23-20(25-21)26-9-11-29-12-10-26)16-7-4-8-18-17(16)13-22-27(18)14-15-5-2-1-3-6-15/h1-8,13H,9-12,14H2,(H,23,24,25,28). The van der Waals surface area contributed by atoms with Gasteiger partial charge in [-0.1, -0.05) is 42.5 Å². The molecule has 5 rings (SSSR count). The molecule has 1 saturated heterocycles. The average Bonchev–Trinajstić information content (AvgIpc) is 3.17. The summed E-state index contributed by atoms with van der Waals surface area (Å²) in [5.41, 5.74) is 2.53. The quantitative estimate of drug-likeness (QED) is 0.576. The molecule has 8 nitrogen and oxygen atoms in total. The van der Waals surface area contributed by atoms with Gasteiger partial charge in [-0.15, -0.1) is 0 Å². The number of fused-ring (bicyclic) bond motifs is 1. The van der Waals surface area contributed by atoms with Gasteiger partial charge in [-0.05, 0) is 11.6 Å². The molecule has 0 spiro atoms. The predicted octanol–water partition coefficient (Wildman–Crippen LogP) is 2.07. The molecule has 0 unspecified atom stereocenters. The molecule has 1 aliphatic heterocycles. The fourth-order valence-electron chi connectivity index (χ4n) is 3.60. The number of rotatable bonds is 4. The first kappa shape index (κ1) is 17.6. The highest BCUT2D eigenvalue weighted by atomic mass is 16.5. The Morgan fingerprint density at radius 2 is 1.83 bits per heavy atom. The highest BCUT2D eigenvalue weighted by Crippen LogP contribution is 2.26. The van der Waals surface area contributed by atoms with Gasteiger partial charge in [0.25, 0.3) is 0 Å². The average molecular weight is 388 g/mol. The summed E-state index contributed by atoms with van der Waals surface area (Å²) < 4.78 is 7.34. The van der Waals surface area contributed by atoms with E-state index in [1.807, 2.05) is 52.2 Å². The highest BCUT2D eigenvalue weighted by Gasteiger charge is 2.17. The van der Waals surface area contributed by atoms with E-state index < -0.39 is 5.69 Å². The van der Waals surface area contributed by atoms with Crippen LogP contribution in [0.1, 0.15) is 5.56 Å². The lowest BCUT2D eigenvalue weighted by atomic mass is 10.1. The lowest BCUT2D eigenvalue weighted by molar-refractivity contribution is 0.122. The van der Waals surface area contributed by atoms with E-state index in [-0.39, 0.29) is 0 Å². The predicted molar refractivity (Wildman–Crippen MR) is 110 cm³/mol. The molecule has 146 valence electrons. The smallest absolute Gasteiger partial charge is 0.349 e. The number of hydrogen-bond acceptors (Lipinski definition) is 6. The Balaban J connectivity index is 1.55. The van der Waals surface area contributed by atoms with Crippen LogP contribution in [0, 0.1) is 0 Å². The molecule has 0 bridgehead atoms. The Morgan fingerprint density at radius 3 is 2.66 bits per heavy atom. The van der Waals surface area contributed by atoms with Crippen LogP contribution < -0.4 is 10.6 Å². The van der Waals surface area contributed by atoms with E-state index in [0.29, 0.717) is 44.6 Å². The SMILES string of the molecule is O=c1nc(-c2cccc3c2cnn3Cc2ccccc2)nc(N2CCOCC2)[nH]1. The summed E-state index contributed by atoms with van der Waals surface area (Å²) in [4.78, 5) is 25.7. The minimum atomic E-state index is -0.412. The van der Waals surface area contributed by atoms with Crippen molar-refractivity contribution in [2.75, 3.05) is 31.2 Å². The maximum Gasteiger partial charge on any atom is 0.349 e. The van der Waals surface area contributed by atoms with Crippen molar-refractivity contribution in [2.45, 2.75) is 6.54 Å². The summed E-state index contributed by atoms with van der Waals surface area (Å²) >= 11 is 0. The van der Waals surface area contributed by atoms with Crippen LogP contribution in [-0.2, 0) is 11.3 Å². The topological polar surface area (TPSA) is 88.9 Å². The third-order valence-corrected chi connectivity index (χ3v) is 5.05. The van der Waals surface area contributed by atoms with Crippen molar-refractivity contribution < 1.29 is 4.74 Å². The van der Waals surface area contributed by atoms with Gasteiger partial charge in [0, 0.05) is 24.0 Å². The van der Waals surface area contributed by atoms with Crippen molar-refractivity contribution in [3.63, 3.8) is 0 Å². The van der Waals surface area contributed by atoms with Crippen LogP contribution in [0.25, 0.3) is 22.3 Å². The van der Waals surface area contributed by atoms with Crippen LogP contribution in [0.3, 0.4) is 0 Å². The van der Waals surface area contributed by atoms with E-state index in [4.69, 9.17) is 4.74 Å². The Labute approximate surface area is 166 Å². The lowest BCUT2D eigenvalue weighted by Crippen LogP contribution is -2.38. The van der Waals surface area contributed by atoms with Gasteiger partial charge in [-0.2, -0.15) is 15.1 Å². The number of aromatic nitrogens is 5. The molecule has 1 N–H and O–H groups in total. The molecule has 3 heterocycles. The monoisotopic (exact) mass is 388 g/mol. The van der Waals surface area contributed by atoms with Gasteiger partial charge in [0.15, 0.2) is 5.82 Å². The normalized spacial score (nSPS) is 14.4. The summed E-state index contributed by atoms with van der Waals surface area (Å²) in [7, 11) is 0. The second kappa shape index (κ2) is 7.48. The number of H-pyrrole nitrogens is 1. The van der Waals surface area contributed by atoms with Crippen LogP contribution in [0.2, 0.25) is 0 Å². The zero-order chi connectivity index (χ0) is 19.6. The molecule has 8 heteroatoms. The lowest BCUT2D eigenvalue weighted by Gasteiger charge is -2.27. The molecule has 1 aliphatic rings. The fourth-order valence-corrected chi connectivity index (χ4v) is 3.60. The molecule has 0 saturated carbocycles. The van der Waals surface area contributed by atoms with Crippen molar-refractivity contribution in [2.24, 2.45) is 0 Å². The number of ether oxygens (including phenoxy) is 1. The largest absolute Gasteiger partial charge is 0.378 e. The van der Waals surface area contributed by atoms with Crippen molar-refractivity contribution in [1.29, 1.82) is 0 Å². The molecular weight excluding hydrogens is 368 g/mol. The molecule has 0 aliphatic carbocycles. The first-order chi connectivity index (χ1) is 14.3. The Bertz CT molecular complexity index is 1190. The van der Waals surface area contributed by atoms with E-state index >= 15 is 0 Å². The number of aromatic amines is 1. The third-order valence-electron chi connectivity index (χ3n) is 5.05. The van der Waals surface area contributed by atoms with Gasteiger partial charge >= 0.3 is 5.69 Å². The van der Waals surface area contributed by atoms with E-state index in [0.717, 1.165) is 16.5 Å². The van der Waals surface area contributed by atoms with Crippen LogP contribution in [-0.4, -0.2) is 51.0 Å².